The molecule has 3 aliphatic heterocycles. The molecule has 3 heterocycles. The molecule has 0 aromatic heterocycles. The van der Waals surface area contributed by atoms with Crippen molar-refractivity contribution in [2.45, 2.75) is 29.8 Å². The molecule has 3 fully saturated rings. The van der Waals surface area contributed by atoms with Crippen LogP contribution in [0.3, 0.4) is 0 Å². The van der Waals surface area contributed by atoms with Crippen LogP contribution in [0.25, 0.3) is 0 Å². The fraction of sp³-hybridized carbons (Fsp3) is 1.00. The number of hydrogen-bond acceptors (Lipinski definition) is 3. The van der Waals surface area contributed by atoms with Crippen LogP contribution in [0.4, 0.5) is 0 Å². The lowest BCUT2D eigenvalue weighted by molar-refractivity contribution is 0.0794. The van der Waals surface area contributed by atoms with E-state index < -0.39 is 0 Å². The molecule has 0 aliphatic carbocycles. The van der Waals surface area contributed by atoms with Crippen LogP contribution in [-0.4, -0.2) is 64.4 Å². The highest BCUT2D eigenvalue weighted by Gasteiger charge is 2.37. The first kappa shape index (κ1) is 10.9. The van der Waals surface area contributed by atoms with Crippen molar-refractivity contribution in [3.05, 3.63) is 0 Å². The van der Waals surface area contributed by atoms with Crippen molar-refractivity contribution in [2.24, 2.45) is 0 Å². The van der Waals surface area contributed by atoms with E-state index in [2.05, 4.69) is 37.5 Å². The zero-order valence-electron chi connectivity index (χ0n) is 9.07. The van der Waals surface area contributed by atoms with Crippen LogP contribution in [0.5, 0.6) is 0 Å². The van der Waals surface area contributed by atoms with Gasteiger partial charge in [-0.25, -0.2) is 0 Å². The molecule has 3 aliphatic rings. The third kappa shape index (κ3) is 2.24. The summed E-state index contributed by atoms with van der Waals surface area (Å²) in [5.74, 6) is 2.76. The zero-order valence-corrected chi connectivity index (χ0v) is 11.5. The van der Waals surface area contributed by atoms with Gasteiger partial charge in [-0.15, -0.1) is 0 Å². The molecule has 0 N–H and O–H groups in total. The van der Waals surface area contributed by atoms with Crippen molar-refractivity contribution in [2.75, 3.05) is 37.7 Å². The Hall–Kier alpha value is 0.750. The monoisotopic (exact) mass is 290 g/mol. The number of hydrogen-bond donors (Lipinski definition) is 0. The van der Waals surface area contributed by atoms with Crippen LogP contribution in [0.2, 0.25) is 0 Å². The van der Waals surface area contributed by atoms with E-state index in [0.717, 1.165) is 16.9 Å². The van der Waals surface area contributed by atoms with Crippen molar-refractivity contribution < 1.29 is 0 Å². The Morgan fingerprint density at radius 1 is 1.07 bits per heavy atom. The van der Waals surface area contributed by atoms with Crippen molar-refractivity contribution in [1.29, 1.82) is 0 Å². The lowest BCUT2D eigenvalue weighted by Crippen LogP contribution is -2.53. The van der Waals surface area contributed by atoms with Gasteiger partial charge in [-0.2, -0.15) is 11.8 Å². The molecule has 15 heavy (non-hydrogen) atoms. The van der Waals surface area contributed by atoms with E-state index in [-0.39, 0.29) is 0 Å². The normalized spacial score (nSPS) is 43.4. The number of piperazine rings is 1. The van der Waals surface area contributed by atoms with Crippen LogP contribution in [0.15, 0.2) is 0 Å². The van der Waals surface area contributed by atoms with E-state index in [1.807, 2.05) is 0 Å². The van der Waals surface area contributed by atoms with Gasteiger partial charge in [0.05, 0.1) is 0 Å². The van der Waals surface area contributed by atoms with Crippen LogP contribution in [0, 0.1) is 0 Å². The second-order valence-corrected chi connectivity index (χ2v) is 7.44. The smallest absolute Gasteiger partial charge is 0.0288 e. The van der Waals surface area contributed by atoms with Gasteiger partial charge >= 0.3 is 0 Å². The summed E-state index contributed by atoms with van der Waals surface area (Å²) in [6.45, 7) is 5.21. The molecule has 0 saturated carbocycles. The summed E-state index contributed by atoms with van der Waals surface area (Å²) in [4.78, 5) is 6.19. The summed E-state index contributed by atoms with van der Waals surface area (Å²) < 4.78 is 0. The molecule has 0 radical (unpaired) electrons. The molecule has 3 saturated heterocycles. The van der Waals surface area contributed by atoms with E-state index in [1.165, 1.54) is 50.5 Å². The summed E-state index contributed by atoms with van der Waals surface area (Å²) in [6.07, 6.45) is 2.78. The van der Waals surface area contributed by atoms with Crippen LogP contribution in [-0.2, 0) is 0 Å². The highest BCUT2D eigenvalue weighted by Crippen LogP contribution is 2.30. The minimum atomic E-state index is 0.750. The van der Waals surface area contributed by atoms with Gasteiger partial charge in [0.1, 0.15) is 0 Å². The summed E-state index contributed by atoms with van der Waals surface area (Å²) >= 11 is 5.90. The molecule has 0 aromatic rings. The Bertz CT molecular complexity index is 233. The van der Waals surface area contributed by atoms with Crippen LogP contribution >= 0.6 is 27.7 Å². The van der Waals surface area contributed by atoms with Crippen molar-refractivity contribution in [3.8, 4) is 0 Å². The van der Waals surface area contributed by atoms with E-state index in [4.69, 9.17) is 0 Å². The number of alkyl halides is 1. The standard InChI is InChI=1S/C11H19BrN2S/c12-9-5-11-7-14(3-2-13(11)6-9)10-1-4-15-8-10/h9-11H,1-8H2. The Kier molecular flexibility index (Phi) is 3.30. The Morgan fingerprint density at radius 2 is 1.87 bits per heavy atom. The van der Waals surface area contributed by atoms with Crippen molar-refractivity contribution in [1.82, 2.24) is 9.80 Å². The second kappa shape index (κ2) is 4.55. The van der Waals surface area contributed by atoms with Crippen LogP contribution in [0.1, 0.15) is 12.8 Å². The third-order valence-electron chi connectivity index (χ3n) is 4.02. The average Bonchev–Trinajstić information content (AvgIpc) is 2.82. The first-order chi connectivity index (χ1) is 7.33. The molecule has 2 nitrogen and oxygen atoms in total. The van der Waals surface area contributed by atoms with Crippen molar-refractivity contribution in [3.63, 3.8) is 0 Å². The van der Waals surface area contributed by atoms with Gasteiger partial charge < -0.3 is 0 Å². The summed E-state index contributed by atoms with van der Waals surface area (Å²) in [7, 11) is 0. The molecule has 3 atom stereocenters. The van der Waals surface area contributed by atoms with Gasteiger partial charge in [0.2, 0.25) is 0 Å². The Labute approximate surface area is 105 Å². The van der Waals surface area contributed by atoms with E-state index in [0.29, 0.717) is 0 Å². The van der Waals surface area contributed by atoms with Gasteiger partial charge in [0.25, 0.3) is 0 Å². The first-order valence-electron chi connectivity index (χ1n) is 6.03. The first-order valence-corrected chi connectivity index (χ1v) is 8.10. The predicted octanol–water partition coefficient (Wildman–Crippen LogP) is 1.65. The molecule has 0 spiro atoms. The molecule has 3 unspecified atom stereocenters. The van der Waals surface area contributed by atoms with Gasteiger partial charge in [-0.05, 0) is 18.6 Å². The van der Waals surface area contributed by atoms with Crippen molar-refractivity contribution >= 4 is 27.7 Å². The summed E-state index contributed by atoms with van der Waals surface area (Å²) in [6, 6.07) is 1.74. The summed E-state index contributed by atoms with van der Waals surface area (Å²) in [5, 5.41) is 0. The zero-order chi connectivity index (χ0) is 10.3. The van der Waals surface area contributed by atoms with E-state index in [1.54, 1.807) is 0 Å². The van der Waals surface area contributed by atoms with Gasteiger partial charge in [-0.1, -0.05) is 15.9 Å². The topological polar surface area (TPSA) is 6.48 Å². The molecular weight excluding hydrogens is 272 g/mol. The number of nitrogens with zero attached hydrogens (tertiary/aromatic N) is 2. The number of fused-ring (bicyclic) bond motifs is 1. The number of thioether (sulfide) groups is 1. The molecule has 0 amide bonds. The quantitative estimate of drug-likeness (QED) is 0.678. The third-order valence-corrected chi connectivity index (χ3v) is 5.83. The lowest BCUT2D eigenvalue weighted by atomic mass is 10.1. The molecule has 4 heteroatoms. The van der Waals surface area contributed by atoms with E-state index in [9.17, 15) is 0 Å². The largest absolute Gasteiger partial charge is 0.297 e. The van der Waals surface area contributed by atoms with Gasteiger partial charge in [0.15, 0.2) is 0 Å². The van der Waals surface area contributed by atoms with Gasteiger partial charge in [-0.3, -0.25) is 9.80 Å². The SMILES string of the molecule is BrC1CC2CN(C3CCSC3)CCN2C1. The molecular formula is C11H19BrN2S. The van der Waals surface area contributed by atoms with Crippen LogP contribution < -0.4 is 0 Å². The molecule has 0 aromatic carbocycles. The number of rotatable bonds is 1. The van der Waals surface area contributed by atoms with E-state index >= 15 is 0 Å². The highest BCUT2D eigenvalue weighted by molar-refractivity contribution is 9.09. The predicted molar refractivity (Wildman–Crippen MR) is 70.0 cm³/mol. The molecule has 3 rings (SSSR count). The highest BCUT2D eigenvalue weighted by atomic mass is 79.9. The fourth-order valence-corrected chi connectivity index (χ4v) is 5.21. The molecule has 0 bridgehead atoms. The number of halogens is 1. The Morgan fingerprint density at radius 3 is 2.60 bits per heavy atom. The molecule has 86 valence electrons. The minimum Gasteiger partial charge on any atom is -0.297 e. The Balaban J connectivity index is 1.60. The van der Waals surface area contributed by atoms with Gasteiger partial charge in [0, 0.05) is 48.8 Å². The second-order valence-electron chi connectivity index (χ2n) is 4.99. The minimum absolute atomic E-state index is 0.750. The average molecular weight is 291 g/mol. The maximum absolute atomic E-state index is 3.77. The maximum Gasteiger partial charge on any atom is 0.0288 e. The summed E-state index contributed by atoms with van der Waals surface area (Å²) in [5.41, 5.74) is 0. The lowest BCUT2D eigenvalue weighted by Gasteiger charge is -2.40. The maximum atomic E-state index is 3.77. The fourth-order valence-electron chi connectivity index (χ4n) is 3.15.